The molecular weight excluding hydrogens is 785 g/mol. The molecule has 3 aromatic carbocycles. The van der Waals surface area contributed by atoms with Crippen LogP contribution >= 0.6 is 0 Å². The number of H-pyrrole nitrogens is 2. The number of hydrogen-bond acceptors (Lipinski definition) is 8. The van der Waals surface area contributed by atoms with Crippen LogP contribution in [-0.2, 0) is 29.9 Å². The topological polar surface area (TPSA) is 175 Å². The van der Waals surface area contributed by atoms with Gasteiger partial charge in [-0.05, 0) is 91.9 Å². The van der Waals surface area contributed by atoms with E-state index in [2.05, 4.69) is 44.9 Å². The normalized spacial score (nSPS) is 24.0. The van der Waals surface area contributed by atoms with Gasteiger partial charge in [-0.25, -0.2) is 19.6 Å². The molecule has 322 valence electrons. The summed E-state index contributed by atoms with van der Waals surface area (Å²) < 4.78 is 9.72. The molecule has 2 aliphatic heterocycles. The molecule has 10 rings (SSSR count). The Morgan fingerprint density at radius 2 is 1.10 bits per heavy atom. The second kappa shape index (κ2) is 17.1. The van der Waals surface area contributed by atoms with Gasteiger partial charge in [-0.2, -0.15) is 0 Å². The maximum atomic E-state index is 14.1. The number of aromatic nitrogens is 4. The molecule has 0 spiro atoms. The SMILES string of the molecule is COC(=O)N[C@H](C(=O)N1CCC[C@H]1c1ncc(C23CCC(c4ccc(-c5cnc([C@@H]6CCCN6C(=O)[C@H](NC(=O)OC)c6ccccc6)[nH]5)cc4)(CC2)CC3)[nH]1)c1ccccc1. The van der Waals surface area contributed by atoms with Crippen LogP contribution in [-0.4, -0.2) is 81.0 Å². The lowest BCUT2D eigenvalue weighted by atomic mass is 9.51. The summed E-state index contributed by atoms with van der Waals surface area (Å²) in [6.45, 7) is 1.16. The Balaban J connectivity index is 0.852. The van der Waals surface area contributed by atoms with Crippen LogP contribution < -0.4 is 10.6 Å². The number of carbonyl (C=O) groups is 4. The van der Waals surface area contributed by atoms with Crippen molar-refractivity contribution in [3.8, 4) is 11.3 Å². The van der Waals surface area contributed by atoms with Gasteiger partial charge >= 0.3 is 12.2 Å². The minimum absolute atomic E-state index is 0.0255. The molecule has 4 heterocycles. The summed E-state index contributed by atoms with van der Waals surface area (Å²) in [5, 5.41) is 5.49. The number of imidazole rings is 2. The van der Waals surface area contributed by atoms with E-state index in [0.29, 0.717) is 24.2 Å². The molecule has 5 fully saturated rings. The monoisotopic (exact) mass is 838 g/mol. The first-order chi connectivity index (χ1) is 30.2. The molecular formula is C48H54N8O6. The zero-order chi connectivity index (χ0) is 42.8. The van der Waals surface area contributed by atoms with Crippen molar-refractivity contribution < 1.29 is 28.7 Å². The van der Waals surface area contributed by atoms with Gasteiger partial charge in [0.25, 0.3) is 11.8 Å². The van der Waals surface area contributed by atoms with Crippen LogP contribution in [0.4, 0.5) is 9.59 Å². The number of amides is 4. The number of likely N-dealkylation sites (tertiary alicyclic amines) is 2. The first-order valence-electron chi connectivity index (χ1n) is 21.8. The number of fused-ring (bicyclic) bond motifs is 3. The molecule has 0 radical (unpaired) electrons. The molecule has 3 saturated carbocycles. The molecule has 62 heavy (non-hydrogen) atoms. The third kappa shape index (κ3) is 7.71. The summed E-state index contributed by atoms with van der Waals surface area (Å²) in [5.41, 5.74) is 6.01. The molecule has 2 saturated heterocycles. The predicted octanol–water partition coefficient (Wildman–Crippen LogP) is 7.87. The maximum Gasteiger partial charge on any atom is 0.407 e. The number of alkyl carbamates (subject to hydrolysis) is 2. The molecule has 3 aliphatic carbocycles. The van der Waals surface area contributed by atoms with Gasteiger partial charge in [0, 0.05) is 30.4 Å². The van der Waals surface area contributed by atoms with Gasteiger partial charge in [-0.15, -0.1) is 0 Å². The van der Waals surface area contributed by atoms with Crippen LogP contribution in [0.3, 0.4) is 0 Å². The van der Waals surface area contributed by atoms with Crippen molar-refractivity contribution in [1.82, 2.24) is 40.4 Å². The highest BCUT2D eigenvalue weighted by Gasteiger charge is 2.51. The van der Waals surface area contributed by atoms with Crippen LogP contribution in [0.2, 0.25) is 0 Å². The van der Waals surface area contributed by atoms with Crippen molar-refractivity contribution in [3.63, 3.8) is 0 Å². The Morgan fingerprint density at radius 3 is 1.60 bits per heavy atom. The van der Waals surface area contributed by atoms with Gasteiger partial charge in [0.1, 0.15) is 23.7 Å². The number of benzene rings is 3. The van der Waals surface area contributed by atoms with E-state index >= 15 is 0 Å². The van der Waals surface area contributed by atoms with E-state index in [1.54, 1.807) is 0 Å². The van der Waals surface area contributed by atoms with Gasteiger partial charge in [0.05, 0.1) is 38.2 Å². The predicted molar refractivity (Wildman–Crippen MR) is 230 cm³/mol. The summed E-state index contributed by atoms with van der Waals surface area (Å²) in [5.74, 6) is 1.17. The van der Waals surface area contributed by atoms with E-state index in [1.807, 2.05) is 82.9 Å². The minimum Gasteiger partial charge on any atom is -0.453 e. The smallest absolute Gasteiger partial charge is 0.407 e. The van der Waals surface area contributed by atoms with Crippen molar-refractivity contribution >= 4 is 24.0 Å². The molecule has 4 amide bonds. The molecule has 5 aliphatic rings. The number of nitrogens with zero attached hydrogens (tertiary/aromatic N) is 4. The second-order valence-corrected chi connectivity index (χ2v) is 17.3. The van der Waals surface area contributed by atoms with Crippen molar-refractivity contribution in [2.24, 2.45) is 0 Å². The lowest BCUT2D eigenvalue weighted by Crippen LogP contribution is -2.46. The molecule has 14 nitrogen and oxygen atoms in total. The Labute approximate surface area is 361 Å². The highest BCUT2D eigenvalue weighted by atomic mass is 16.5. The zero-order valence-electron chi connectivity index (χ0n) is 35.3. The van der Waals surface area contributed by atoms with Crippen LogP contribution in [0.1, 0.15) is 122 Å². The van der Waals surface area contributed by atoms with E-state index < -0.39 is 24.3 Å². The van der Waals surface area contributed by atoms with E-state index in [-0.39, 0.29) is 34.7 Å². The van der Waals surface area contributed by atoms with Crippen molar-refractivity contribution in [3.05, 3.63) is 131 Å². The lowest BCUT2D eigenvalue weighted by Gasteiger charge is -2.53. The second-order valence-electron chi connectivity index (χ2n) is 17.3. The van der Waals surface area contributed by atoms with Crippen molar-refractivity contribution in [1.29, 1.82) is 0 Å². The molecule has 4 atom stereocenters. The molecule has 5 aromatic rings. The number of ether oxygens (including phenoxy) is 2. The average Bonchev–Trinajstić information content (AvgIpc) is 4.18. The minimum atomic E-state index is -0.870. The molecule has 2 aromatic heterocycles. The molecule has 2 bridgehead atoms. The summed E-state index contributed by atoms with van der Waals surface area (Å²) in [6.07, 6.45) is 12.2. The van der Waals surface area contributed by atoms with Crippen molar-refractivity contribution in [2.75, 3.05) is 27.3 Å². The Bertz CT molecular complexity index is 2370. The molecule has 14 heteroatoms. The number of aromatic amines is 2. The molecule has 4 N–H and O–H groups in total. The largest absolute Gasteiger partial charge is 0.453 e. The Kier molecular flexibility index (Phi) is 11.3. The van der Waals surface area contributed by atoms with E-state index in [9.17, 15) is 19.2 Å². The van der Waals surface area contributed by atoms with Crippen LogP contribution in [0, 0.1) is 0 Å². The summed E-state index contributed by atoms with van der Waals surface area (Å²) in [4.78, 5) is 73.2. The third-order valence-corrected chi connectivity index (χ3v) is 14.2. The van der Waals surface area contributed by atoms with Crippen molar-refractivity contribution in [2.45, 2.75) is 99.2 Å². The van der Waals surface area contributed by atoms with Gasteiger partial charge < -0.3 is 39.9 Å². The van der Waals surface area contributed by atoms with Crippen LogP contribution in [0.5, 0.6) is 0 Å². The fraction of sp³-hybridized carbons (Fsp3) is 0.417. The first kappa shape index (κ1) is 40.9. The van der Waals surface area contributed by atoms with Gasteiger partial charge in [-0.3, -0.25) is 9.59 Å². The number of rotatable bonds is 11. The third-order valence-electron chi connectivity index (χ3n) is 14.2. The number of hydrogen-bond donors (Lipinski definition) is 4. The molecule has 0 unspecified atom stereocenters. The van der Waals surface area contributed by atoms with E-state index in [0.717, 1.165) is 92.8 Å². The van der Waals surface area contributed by atoms with Gasteiger partial charge in [-0.1, -0.05) is 84.9 Å². The fourth-order valence-corrected chi connectivity index (χ4v) is 10.6. The van der Waals surface area contributed by atoms with Crippen LogP contribution in [0.15, 0.2) is 97.3 Å². The number of methoxy groups -OCH3 is 2. The summed E-state index contributed by atoms with van der Waals surface area (Å²) >= 11 is 0. The van der Waals surface area contributed by atoms with Gasteiger partial charge in [0.15, 0.2) is 0 Å². The quantitative estimate of drug-likeness (QED) is 0.104. The van der Waals surface area contributed by atoms with E-state index in [4.69, 9.17) is 19.4 Å². The zero-order valence-corrected chi connectivity index (χ0v) is 35.3. The standard InChI is InChI=1S/C48H54N8O6/c1-61-45(59)53-39(32-11-5-3-6-12-32)43(57)55-27-9-15-36(55)41-49-29-35(51-41)31-17-19-34(20-18-31)47-21-24-48(25-22-47,26-23-47)38-30-50-42(52-38)37-16-10-28-56(37)44(58)40(54-46(60)62-2)33-13-7-4-8-14-33/h3-8,11-14,17-20,29-30,36-37,39-40H,9-10,15-16,21-28H2,1-2H3,(H,49,51)(H,50,52)(H,53,59)(H,54,60)/t36-,37-,39+,40-,47?,48?/m0/s1. The highest BCUT2D eigenvalue weighted by molar-refractivity contribution is 5.88. The van der Waals surface area contributed by atoms with E-state index in [1.165, 1.54) is 19.8 Å². The highest BCUT2D eigenvalue weighted by Crippen LogP contribution is 2.58. The maximum absolute atomic E-state index is 14.1. The first-order valence-corrected chi connectivity index (χ1v) is 21.8. The average molecular weight is 839 g/mol. The van der Waals surface area contributed by atoms with Gasteiger partial charge in [0.2, 0.25) is 0 Å². The van der Waals surface area contributed by atoms with Crippen LogP contribution in [0.25, 0.3) is 11.3 Å². The summed E-state index contributed by atoms with van der Waals surface area (Å²) in [7, 11) is 2.59. The fourth-order valence-electron chi connectivity index (χ4n) is 10.6. The number of nitrogens with one attached hydrogen (secondary N) is 4. The number of carbonyl (C=O) groups excluding carboxylic acids is 4. The summed E-state index contributed by atoms with van der Waals surface area (Å²) in [6, 6.07) is 25.3. The lowest BCUT2D eigenvalue weighted by molar-refractivity contribution is -0.135. The Hall–Kier alpha value is -6.44. The Morgan fingerprint density at radius 1 is 0.629 bits per heavy atom.